The van der Waals surface area contributed by atoms with Crippen LogP contribution in [0.4, 0.5) is 5.69 Å². The number of rotatable bonds is 0. The third-order valence-corrected chi connectivity index (χ3v) is 1.09. The SMILES string of the molecule is Nc1cncnc1S. The summed E-state index contributed by atoms with van der Waals surface area (Å²) in [5.74, 6) is 0. The van der Waals surface area contributed by atoms with E-state index in [1.807, 2.05) is 0 Å². The molecule has 0 unspecified atom stereocenters. The van der Waals surface area contributed by atoms with Crippen LogP contribution < -0.4 is 5.73 Å². The summed E-state index contributed by atoms with van der Waals surface area (Å²) < 4.78 is 0. The molecule has 2 N–H and O–H groups in total. The highest BCUT2D eigenvalue weighted by Gasteiger charge is 1.88. The number of thiol groups is 1. The molecule has 0 spiro atoms. The van der Waals surface area contributed by atoms with Gasteiger partial charge in [0.2, 0.25) is 0 Å². The van der Waals surface area contributed by atoms with Crippen molar-refractivity contribution in [2.45, 2.75) is 5.03 Å². The molecule has 0 aliphatic carbocycles. The molecule has 42 valence electrons. The second-order valence-corrected chi connectivity index (χ2v) is 1.73. The Kier molecular flexibility index (Phi) is 1.34. The van der Waals surface area contributed by atoms with Crippen molar-refractivity contribution >= 4 is 18.3 Å². The van der Waals surface area contributed by atoms with Crippen molar-refractivity contribution in [1.29, 1.82) is 0 Å². The Bertz CT molecular complexity index is 167. The van der Waals surface area contributed by atoms with Gasteiger partial charge in [-0.05, 0) is 0 Å². The quantitative estimate of drug-likeness (QED) is 0.390. The molecule has 0 atom stereocenters. The van der Waals surface area contributed by atoms with Gasteiger partial charge in [0.05, 0.1) is 11.9 Å². The molecule has 0 aliphatic rings. The van der Waals surface area contributed by atoms with Crippen molar-refractivity contribution in [3.05, 3.63) is 12.5 Å². The van der Waals surface area contributed by atoms with E-state index in [2.05, 4.69) is 22.6 Å². The Labute approximate surface area is 52.4 Å². The fraction of sp³-hybridized carbons (Fsp3) is 0. The zero-order valence-electron chi connectivity index (χ0n) is 4.07. The molecule has 0 saturated carbocycles. The first kappa shape index (κ1) is 5.37. The van der Waals surface area contributed by atoms with Gasteiger partial charge in [0.1, 0.15) is 11.4 Å². The molecule has 0 bridgehead atoms. The van der Waals surface area contributed by atoms with Crippen molar-refractivity contribution in [1.82, 2.24) is 9.97 Å². The van der Waals surface area contributed by atoms with Gasteiger partial charge in [-0.1, -0.05) is 0 Å². The predicted octanol–water partition coefficient (Wildman–Crippen LogP) is 0.348. The van der Waals surface area contributed by atoms with E-state index in [0.29, 0.717) is 10.7 Å². The van der Waals surface area contributed by atoms with Crippen LogP contribution in [0.15, 0.2) is 17.6 Å². The summed E-state index contributed by atoms with van der Waals surface area (Å²) >= 11 is 3.92. The van der Waals surface area contributed by atoms with Gasteiger partial charge in [0.25, 0.3) is 0 Å². The lowest BCUT2D eigenvalue weighted by Gasteiger charge is -1.90. The molecule has 1 aromatic heterocycles. The van der Waals surface area contributed by atoms with E-state index in [1.165, 1.54) is 12.5 Å². The molecule has 0 radical (unpaired) electrons. The first-order valence-corrected chi connectivity index (χ1v) is 2.50. The molecule has 1 rings (SSSR count). The molecule has 3 nitrogen and oxygen atoms in total. The lowest BCUT2D eigenvalue weighted by molar-refractivity contribution is 1.06. The molecule has 1 heterocycles. The van der Waals surface area contributed by atoms with Gasteiger partial charge in [0.15, 0.2) is 0 Å². The van der Waals surface area contributed by atoms with Crippen molar-refractivity contribution < 1.29 is 0 Å². The lowest BCUT2D eigenvalue weighted by Crippen LogP contribution is -1.89. The molecule has 8 heavy (non-hydrogen) atoms. The van der Waals surface area contributed by atoms with E-state index >= 15 is 0 Å². The Morgan fingerprint density at radius 2 is 2.38 bits per heavy atom. The molecule has 0 saturated heterocycles. The minimum Gasteiger partial charge on any atom is -0.395 e. The lowest BCUT2D eigenvalue weighted by atomic mass is 10.6. The van der Waals surface area contributed by atoms with E-state index in [-0.39, 0.29) is 0 Å². The van der Waals surface area contributed by atoms with E-state index in [4.69, 9.17) is 5.73 Å². The summed E-state index contributed by atoms with van der Waals surface area (Å²) in [5.41, 5.74) is 5.83. The van der Waals surface area contributed by atoms with Gasteiger partial charge >= 0.3 is 0 Å². The fourth-order valence-corrected chi connectivity index (χ4v) is 0.443. The topological polar surface area (TPSA) is 51.8 Å². The summed E-state index contributed by atoms with van der Waals surface area (Å²) in [6.07, 6.45) is 2.91. The van der Waals surface area contributed by atoms with Gasteiger partial charge < -0.3 is 5.73 Å². The highest BCUT2D eigenvalue weighted by atomic mass is 32.1. The summed E-state index contributed by atoms with van der Waals surface area (Å²) in [7, 11) is 0. The molecule has 4 heteroatoms. The van der Waals surface area contributed by atoms with Crippen LogP contribution in [0.2, 0.25) is 0 Å². The number of hydrogen-bond donors (Lipinski definition) is 2. The number of hydrogen-bond acceptors (Lipinski definition) is 4. The zero-order valence-corrected chi connectivity index (χ0v) is 4.97. The van der Waals surface area contributed by atoms with Crippen LogP contribution in [-0.4, -0.2) is 9.97 Å². The van der Waals surface area contributed by atoms with Crippen LogP contribution >= 0.6 is 12.6 Å². The summed E-state index contributed by atoms with van der Waals surface area (Å²) in [6, 6.07) is 0. The van der Waals surface area contributed by atoms with E-state index in [1.54, 1.807) is 0 Å². The number of anilines is 1. The Hall–Kier alpha value is -0.770. The smallest absolute Gasteiger partial charge is 0.119 e. The molecule has 0 aliphatic heterocycles. The highest BCUT2D eigenvalue weighted by Crippen LogP contribution is 2.07. The maximum atomic E-state index is 5.32. The van der Waals surface area contributed by atoms with Crippen LogP contribution in [0.25, 0.3) is 0 Å². The summed E-state index contributed by atoms with van der Waals surface area (Å²) in [4.78, 5) is 7.37. The number of nitrogens with two attached hydrogens (primary N) is 1. The van der Waals surface area contributed by atoms with Gasteiger partial charge in [0, 0.05) is 0 Å². The summed E-state index contributed by atoms with van der Waals surface area (Å²) in [5, 5.41) is 0.528. The van der Waals surface area contributed by atoms with Gasteiger partial charge in [-0.15, -0.1) is 12.6 Å². The number of aromatic nitrogens is 2. The fourth-order valence-electron chi connectivity index (χ4n) is 0.334. The molecular formula is C4H5N3S. The summed E-state index contributed by atoms with van der Waals surface area (Å²) in [6.45, 7) is 0. The maximum absolute atomic E-state index is 5.32. The molecule has 0 amide bonds. The molecule has 0 fully saturated rings. The average molecular weight is 127 g/mol. The van der Waals surface area contributed by atoms with Crippen molar-refractivity contribution in [3.8, 4) is 0 Å². The van der Waals surface area contributed by atoms with Gasteiger partial charge in [-0.2, -0.15) is 0 Å². The number of nitrogen functional groups attached to an aromatic ring is 1. The first-order valence-electron chi connectivity index (χ1n) is 2.05. The minimum absolute atomic E-state index is 0.510. The third kappa shape index (κ3) is 0.894. The van der Waals surface area contributed by atoms with Gasteiger partial charge in [-0.25, -0.2) is 9.97 Å². The van der Waals surface area contributed by atoms with Crippen molar-refractivity contribution in [2.24, 2.45) is 0 Å². The van der Waals surface area contributed by atoms with Crippen LogP contribution in [0.5, 0.6) is 0 Å². The zero-order chi connectivity index (χ0) is 5.98. The standard InChI is InChI=1S/C4H5N3S/c5-3-1-6-2-7-4(3)8/h1-2H,5H2,(H,6,7,8). The highest BCUT2D eigenvalue weighted by molar-refractivity contribution is 7.80. The van der Waals surface area contributed by atoms with E-state index in [0.717, 1.165) is 0 Å². The minimum atomic E-state index is 0.510. The molecule has 1 aromatic rings. The first-order chi connectivity index (χ1) is 3.80. The Morgan fingerprint density at radius 3 is 2.75 bits per heavy atom. The third-order valence-electron chi connectivity index (χ3n) is 0.719. The monoisotopic (exact) mass is 127 g/mol. The predicted molar refractivity (Wildman–Crippen MR) is 33.7 cm³/mol. The van der Waals surface area contributed by atoms with Gasteiger partial charge in [-0.3, -0.25) is 0 Å². The van der Waals surface area contributed by atoms with Crippen LogP contribution in [0.1, 0.15) is 0 Å². The normalized spacial score (nSPS) is 9.12. The Morgan fingerprint density at radius 1 is 1.62 bits per heavy atom. The van der Waals surface area contributed by atoms with E-state index in [9.17, 15) is 0 Å². The molecular weight excluding hydrogens is 122 g/mol. The van der Waals surface area contributed by atoms with Crippen LogP contribution in [-0.2, 0) is 0 Å². The number of nitrogens with zero attached hydrogens (tertiary/aromatic N) is 2. The van der Waals surface area contributed by atoms with Crippen LogP contribution in [0.3, 0.4) is 0 Å². The Balaban J connectivity index is 3.13. The van der Waals surface area contributed by atoms with Crippen LogP contribution in [0, 0.1) is 0 Å². The largest absolute Gasteiger partial charge is 0.395 e. The van der Waals surface area contributed by atoms with Crippen molar-refractivity contribution in [2.75, 3.05) is 5.73 Å². The molecule has 0 aromatic carbocycles. The second kappa shape index (κ2) is 2.00. The maximum Gasteiger partial charge on any atom is 0.119 e. The van der Waals surface area contributed by atoms with E-state index < -0.39 is 0 Å². The van der Waals surface area contributed by atoms with Crippen molar-refractivity contribution in [3.63, 3.8) is 0 Å². The second-order valence-electron chi connectivity index (χ2n) is 1.30. The average Bonchev–Trinajstić information content (AvgIpc) is 1.77.